The molecule has 0 aliphatic carbocycles. The molecule has 29 heavy (non-hydrogen) atoms. The second kappa shape index (κ2) is 10.3. The summed E-state index contributed by atoms with van der Waals surface area (Å²) in [6.07, 6.45) is 9.01. The van der Waals surface area contributed by atoms with Crippen LogP contribution < -0.4 is 0 Å². The van der Waals surface area contributed by atoms with Gasteiger partial charge >= 0.3 is 0 Å². The van der Waals surface area contributed by atoms with Crippen LogP contribution in [-0.2, 0) is 20.7 Å². The highest BCUT2D eigenvalue weighted by atomic mass is 16.1. The third kappa shape index (κ3) is 7.43. The van der Waals surface area contributed by atoms with Crippen LogP contribution in [0.1, 0.15) is 85.5 Å². The summed E-state index contributed by atoms with van der Waals surface area (Å²) in [7, 11) is 0. The fraction of sp³-hybridized carbons (Fsp3) is 0.789. The van der Waals surface area contributed by atoms with Crippen LogP contribution in [0.15, 0.2) is 12.7 Å². The molecule has 0 radical (unpaired) electrons. The number of tetrazole rings is 2. The monoisotopic (exact) mass is 404 g/mol. The zero-order chi connectivity index (χ0) is 21.3. The minimum absolute atomic E-state index is 0.212. The number of nitrogens with zero attached hydrogens (tertiary/aromatic N) is 8. The Morgan fingerprint density at radius 1 is 0.690 bits per heavy atom. The highest BCUT2D eigenvalue weighted by Gasteiger charge is 2.22. The summed E-state index contributed by atoms with van der Waals surface area (Å²) < 4.78 is 3.44. The lowest BCUT2D eigenvalue weighted by Crippen LogP contribution is -2.27. The second-order valence-electron chi connectivity index (χ2n) is 8.77. The van der Waals surface area contributed by atoms with E-state index >= 15 is 0 Å². The molecule has 0 amide bonds. The molecular formula is C19H32N8O2. The molecule has 0 aromatic carbocycles. The van der Waals surface area contributed by atoms with E-state index in [1.54, 1.807) is 22.0 Å². The maximum absolute atomic E-state index is 12.1. The van der Waals surface area contributed by atoms with Gasteiger partial charge in [0.05, 0.1) is 11.1 Å². The predicted molar refractivity (Wildman–Crippen MR) is 106 cm³/mol. The molecular weight excluding hydrogens is 372 g/mol. The molecule has 0 aliphatic rings. The maximum atomic E-state index is 12.1. The van der Waals surface area contributed by atoms with Gasteiger partial charge in [0, 0.05) is 25.7 Å². The van der Waals surface area contributed by atoms with Gasteiger partial charge in [-0.1, -0.05) is 0 Å². The average Bonchev–Trinajstić information content (AvgIpc) is 3.35. The molecule has 0 bridgehead atoms. The fourth-order valence-corrected chi connectivity index (χ4v) is 3.28. The molecule has 2 aromatic heterocycles. The lowest BCUT2D eigenvalue weighted by atomic mass is 9.95. The van der Waals surface area contributed by atoms with Crippen molar-refractivity contribution in [2.75, 3.05) is 0 Å². The number of ketones is 2. The van der Waals surface area contributed by atoms with Gasteiger partial charge in [0.15, 0.2) is 0 Å². The molecule has 0 saturated carbocycles. The van der Waals surface area contributed by atoms with Crippen LogP contribution in [0.4, 0.5) is 0 Å². The number of aromatic nitrogens is 8. The first-order valence-electron chi connectivity index (χ1n) is 10.2. The van der Waals surface area contributed by atoms with Gasteiger partial charge in [-0.25, -0.2) is 9.36 Å². The number of hydrogen-bond acceptors (Lipinski definition) is 8. The van der Waals surface area contributed by atoms with Gasteiger partial charge in [0.1, 0.15) is 24.2 Å². The smallest absolute Gasteiger partial charge is 0.138 e. The van der Waals surface area contributed by atoms with E-state index < -0.39 is 0 Å². The number of Topliss-reactive ketones (excluding diaryl/α,β-unsaturated/α-hetero) is 2. The summed E-state index contributed by atoms with van der Waals surface area (Å²) in [5.74, 6) is 0.426. The minimum Gasteiger partial charge on any atom is -0.300 e. The number of carbonyl (C=O) groups is 2. The van der Waals surface area contributed by atoms with Crippen molar-refractivity contribution in [1.82, 2.24) is 40.4 Å². The van der Waals surface area contributed by atoms with Gasteiger partial charge in [-0.05, 0) is 80.7 Å². The molecule has 0 saturated heterocycles. The summed E-state index contributed by atoms with van der Waals surface area (Å²) in [6.45, 7) is 8.20. The number of rotatable bonds is 14. The maximum Gasteiger partial charge on any atom is 0.138 e. The number of carbonyl (C=O) groups excluding carboxylic acids is 2. The largest absolute Gasteiger partial charge is 0.300 e. The molecule has 160 valence electrons. The standard InChI is InChI=1S/C19H32N8O2/c1-18(2,26-14-20-22-24-26)12-6-10-16(28)8-5-9-17(29)11-7-13-19(3,4)27-15-21-23-25-27/h14-15H,5-13H2,1-4H3. The van der Waals surface area contributed by atoms with Crippen LogP contribution in [0, 0.1) is 0 Å². The van der Waals surface area contributed by atoms with Crippen molar-refractivity contribution >= 4 is 11.6 Å². The van der Waals surface area contributed by atoms with Crippen LogP contribution >= 0.6 is 0 Å². The van der Waals surface area contributed by atoms with Crippen molar-refractivity contribution in [2.45, 2.75) is 96.6 Å². The Morgan fingerprint density at radius 3 is 1.41 bits per heavy atom. The average molecular weight is 405 g/mol. The Morgan fingerprint density at radius 2 is 1.07 bits per heavy atom. The van der Waals surface area contributed by atoms with Crippen LogP contribution in [0.2, 0.25) is 0 Å². The fourth-order valence-electron chi connectivity index (χ4n) is 3.28. The highest BCUT2D eigenvalue weighted by molar-refractivity contribution is 5.81. The molecule has 0 atom stereocenters. The zero-order valence-corrected chi connectivity index (χ0v) is 17.9. The van der Waals surface area contributed by atoms with Gasteiger partial charge in [-0.15, -0.1) is 10.2 Å². The Bertz CT molecular complexity index is 689. The van der Waals surface area contributed by atoms with Gasteiger partial charge in [-0.2, -0.15) is 0 Å². The Balaban J connectivity index is 1.56. The molecule has 10 nitrogen and oxygen atoms in total. The molecule has 2 heterocycles. The van der Waals surface area contributed by atoms with E-state index in [2.05, 4.69) is 31.1 Å². The van der Waals surface area contributed by atoms with Crippen molar-refractivity contribution in [2.24, 2.45) is 0 Å². The van der Waals surface area contributed by atoms with Crippen LogP contribution in [-0.4, -0.2) is 52.0 Å². The first kappa shape index (κ1) is 22.8. The van der Waals surface area contributed by atoms with Gasteiger partial charge in [-0.3, -0.25) is 9.59 Å². The van der Waals surface area contributed by atoms with Crippen molar-refractivity contribution in [3.8, 4) is 0 Å². The molecule has 0 spiro atoms. The molecule has 0 aliphatic heterocycles. The van der Waals surface area contributed by atoms with Crippen molar-refractivity contribution < 1.29 is 9.59 Å². The van der Waals surface area contributed by atoms with Gasteiger partial charge < -0.3 is 0 Å². The molecule has 10 heteroatoms. The lowest BCUT2D eigenvalue weighted by molar-refractivity contribution is -0.120. The summed E-state index contributed by atoms with van der Waals surface area (Å²) >= 11 is 0. The topological polar surface area (TPSA) is 121 Å². The van der Waals surface area contributed by atoms with E-state index in [1.807, 2.05) is 27.7 Å². The van der Waals surface area contributed by atoms with E-state index in [0.717, 1.165) is 25.7 Å². The van der Waals surface area contributed by atoms with E-state index in [4.69, 9.17) is 0 Å². The first-order valence-corrected chi connectivity index (χ1v) is 10.2. The SMILES string of the molecule is CC(C)(CCCC(=O)CCCC(=O)CCCC(C)(C)n1cnnn1)n1cnnn1. The highest BCUT2D eigenvalue weighted by Crippen LogP contribution is 2.22. The third-order valence-electron chi connectivity index (χ3n) is 5.34. The molecule has 2 aromatic rings. The van der Waals surface area contributed by atoms with E-state index in [1.165, 1.54) is 0 Å². The third-order valence-corrected chi connectivity index (χ3v) is 5.34. The summed E-state index contributed by atoms with van der Waals surface area (Å²) in [6, 6.07) is 0. The summed E-state index contributed by atoms with van der Waals surface area (Å²) in [5.41, 5.74) is -0.425. The quantitative estimate of drug-likeness (QED) is 0.471. The lowest BCUT2D eigenvalue weighted by Gasteiger charge is -2.23. The molecule has 2 rings (SSSR count). The van der Waals surface area contributed by atoms with E-state index in [0.29, 0.717) is 32.1 Å². The minimum atomic E-state index is -0.212. The normalized spacial score (nSPS) is 12.3. The Labute approximate surface area is 171 Å². The predicted octanol–water partition coefficient (Wildman–Crippen LogP) is 2.48. The van der Waals surface area contributed by atoms with Crippen molar-refractivity contribution in [3.63, 3.8) is 0 Å². The Hall–Kier alpha value is -2.52. The van der Waals surface area contributed by atoms with Gasteiger partial charge in [0.2, 0.25) is 0 Å². The molecule has 0 N–H and O–H groups in total. The first-order chi connectivity index (χ1) is 13.7. The Kier molecular flexibility index (Phi) is 8.10. The summed E-state index contributed by atoms with van der Waals surface area (Å²) in [5, 5.41) is 22.5. The van der Waals surface area contributed by atoms with Crippen molar-refractivity contribution in [1.29, 1.82) is 0 Å². The van der Waals surface area contributed by atoms with Crippen molar-refractivity contribution in [3.05, 3.63) is 12.7 Å². The van der Waals surface area contributed by atoms with Crippen LogP contribution in [0.5, 0.6) is 0 Å². The van der Waals surface area contributed by atoms with Crippen LogP contribution in [0.3, 0.4) is 0 Å². The molecule has 0 fully saturated rings. The van der Waals surface area contributed by atoms with E-state index in [-0.39, 0.29) is 22.6 Å². The number of hydrogen-bond donors (Lipinski definition) is 0. The second-order valence-corrected chi connectivity index (χ2v) is 8.77. The van der Waals surface area contributed by atoms with Gasteiger partial charge in [0.25, 0.3) is 0 Å². The summed E-state index contributed by atoms with van der Waals surface area (Å²) in [4.78, 5) is 24.2. The van der Waals surface area contributed by atoms with Crippen LogP contribution in [0.25, 0.3) is 0 Å². The zero-order valence-electron chi connectivity index (χ0n) is 17.9. The van der Waals surface area contributed by atoms with E-state index in [9.17, 15) is 9.59 Å². The molecule has 0 unspecified atom stereocenters.